The third-order valence-electron chi connectivity index (χ3n) is 4.48. The van der Waals surface area contributed by atoms with Gasteiger partial charge >= 0.3 is 5.97 Å². The van der Waals surface area contributed by atoms with Gasteiger partial charge < -0.3 is 10.1 Å². The van der Waals surface area contributed by atoms with Crippen molar-refractivity contribution in [3.8, 4) is 0 Å². The highest BCUT2D eigenvalue weighted by atomic mass is 32.2. The first-order chi connectivity index (χ1) is 14.1. The van der Waals surface area contributed by atoms with Crippen LogP contribution in [0.1, 0.15) is 35.4 Å². The van der Waals surface area contributed by atoms with Gasteiger partial charge in [0, 0.05) is 34.7 Å². The van der Waals surface area contributed by atoms with E-state index in [1.165, 1.54) is 0 Å². The molecular formula is C21H22N2O5S. The number of carboxylic acid groups (broad SMARTS) is 1. The molecule has 0 atom stereocenters. The van der Waals surface area contributed by atoms with Gasteiger partial charge in [0.05, 0.1) is 17.8 Å². The molecule has 0 fully saturated rings. The van der Waals surface area contributed by atoms with Crippen molar-refractivity contribution < 1.29 is 24.5 Å². The third kappa shape index (κ3) is 5.91. The number of aromatic amines is 1. The summed E-state index contributed by atoms with van der Waals surface area (Å²) in [6, 6.07) is 11.9. The lowest BCUT2D eigenvalue weighted by Gasteiger charge is -2.03. The standard InChI is InChI=1S/C21H22N2O5S/c1-14-11-17(7-8-21(24)25)22-18(14)13-20-16(9-10-29-28-27-26)12-19(23-20)15-5-3-2-4-6-15/h2-6,11-13,22,26H,7-10H2,1H3,(H,24,25). The molecule has 29 heavy (non-hydrogen) atoms. The Morgan fingerprint density at radius 3 is 2.79 bits per heavy atom. The van der Waals surface area contributed by atoms with Gasteiger partial charge in [-0.05, 0) is 49.1 Å². The largest absolute Gasteiger partial charge is 0.481 e. The summed E-state index contributed by atoms with van der Waals surface area (Å²) in [6.45, 7) is 1.98. The molecule has 2 aromatic rings. The Hall–Kier alpha value is -2.65. The van der Waals surface area contributed by atoms with Gasteiger partial charge in [-0.15, -0.1) is 4.33 Å². The number of allylic oxidation sites excluding steroid dienone is 2. The number of aliphatic carboxylic acids is 1. The van der Waals surface area contributed by atoms with Crippen molar-refractivity contribution >= 4 is 29.8 Å². The number of benzene rings is 1. The van der Waals surface area contributed by atoms with E-state index in [9.17, 15) is 4.79 Å². The minimum absolute atomic E-state index is 0.0849. The van der Waals surface area contributed by atoms with Crippen molar-refractivity contribution in [2.75, 3.05) is 5.75 Å². The van der Waals surface area contributed by atoms with Crippen molar-refractivity contribution in [1.29, 1.82) is 0 Å². The topological polar surface area (TPSA) is 104 Å². The number of rotatable bonds is 10. The summed E-state index contributed by atoms with van der Waals surface area (Å²) in [5.74, 6) is -0.239. The molecule has 0 spiro atoms. The monoisotopic (exact) mass is 414 g/mol. The van der Waals surface area contributed by atoms with Crippen LogP contribution in [0.4, 0.5) is 0 Å². The fourth-order valence-corrected chi connectivity index (χ4v) is 3.49. The molecule has 1 aliphatic heterocycles. The van der Waals surface area contributed by atoms with Gasteiger partial charge in [-0.2, -0.15) is 0 Å². The number of hydrogen-bond donors (Lipinski definition) is 3. The highest BCUT2D eigenvalue weighted by molar-refractivity contribution is 7.94. The first-order valence-corrected chi connectivity index (χ1v) is 10.0. The average Bonchev–Trinajstić information content (AvgIpc) is 3.28. The Labute approximate surface area is 172 Å². The summed E-state index contributed by atoms with van der Waals surface area (Å²) in [5.41, 5.74) is 6.62. The Bertz CT molecular complexity index is 947. The summed E-state index contributed by atoms with van der Waals surface area (Å²) in [5, 5.41) is 20.8. The summed E-state index contributed by atoms with van der Waals surface area (Å²) >= 11 is 1.01. The van der Waals surface area contributed by atoms with Crippen molar-refractivity contribution in [3.63, 3.8) is 0 Å². The number of H-pyrrole nitrogens is 1. The second-order valence-corrected chi connectivity index (χ2v) is 7.34. The van der Waals surface area contributed by atoms with E-state index in [4.69, 9.17) is 15.4 Å². The highest BCUT2D eigenvalue weighted by Gasteiger charge is 2.17. The number of carbonyl (C=O) groups is 1. The average molecular weight is 414 g/mol. The number of aromatic nitrogens is 1. The number of nitrogens with zero attached hydrogens (tertiary/aromatic N) is 1. The van der Waals surface area contributed by atoms with Gasteiger partial charge in [-0.1, -0.05) is 35.4 Å². The van der Waals surface area contributed by atoms with Crippen LogP contribution in [0.2, 0.25) is 0 Å². The normalized spacial score (nSPS) is 14.9. The van der Waals surface area contributed by atoms with Crippen LogP contribution in [0.15, 0.2) is 58.7 Å². The van der Waals surface area contributed by atoms with E-state index >= 15 is 0 Å². The van der Waals surface area contributed by atoms with Crippen LogP contribution in [0.3, 0.4) is 0 Å². The number of aryl methyl sites for hydroxylation is 2. The van der Waals surface area contributed by atoms with E-state index in [1.54, 1.807) is 0 Å². The van der Waals surface area contributed by atoms with Crippen LogP contribution >= 0.6 is 12.0 Å². The van der Waals surface area contributed by atoms with Crippen LogP contribution in [-0.4, -0.2) is 32.8 Å². The van der Waals surface area contributed by atoms with Crippen LogP contribution in [0, 0.1) is 6.92 Å². The van der Waals surface area contributed by atoms with Crippen LogP contribution in [0.5, 0.6) is 0 Å². The van der Waals surface area contributed by atoms with Crippen molar-refractivity contribution in [2.45, 2.75) is 26.2 Å². The van der Waals surface area contributed by atoms with Gasteiger partial charge in [0.2, 0.25) is 0 Å². The quantitative estimate of drug-likeness (QED) is 0.228. The maximum atomic E-state index is 10.8. The molecule has 0 saturated carbocycles. The summed E-state index contributed by atoms with van der Waals surface area (Å²) in [7, 11) is 0. The van der Waals surface area contributed by atoms with E-state index in [-0.39, 0.29) is 6.42 Å². The lowest BCUT2D eigenvalue weighted by Crippen LogP contribution is -1.97. The van der Waals surface area contributed by atoms with Gasteiger partial charge in [-0.3, -0.25) is 4.79 Å². The fourth-order valence-electron chi connectivity index (χ4n) is 3.07. The zero-order valence-corrected chi connectivity index (χ0v) is 16.7. The molecule has 1 aromatic heterocycles. The molecule has 1 aromatic carbocycles. The zero-order valence-electron chi connectivity index (χ0n) is 15.9. The molecule has 0 saturated heterocycles. The molecule has 3 rings (SSSR count). The van der Waals surface area contributed by atoms with Gasteiger partial charge in [0.1, 0.15) is 0 Å². The molecule has 152 valence electrons. The minimum atomic E-state index is -0.818. The van der Waals surface area contributed by atoms with Crippen LogP contribution in [-0.2, 0) is 20.6 Å². The molecule has 0 unspecified atom stereocenters. The van der Waals surface area contributed by atoms with E-state index in [0.29, 0.717) is 18.6 Å². The number of hydrogen-bond acceptors (Lipinski definition) is 6. The zero-order chi connectivity index (χ0) is 20.6. The van der Waals surface area contributed by atoms with Crippen molar-refractivity contribution in [3.05, 3.63) is 76.3 Å². The lowest BCUT2D eigenvalue weighted by atomic mass is 10.1. The van der Waals surface area contributed by atoms with Crippen LogP contribution in [0.25, 0.3) is 6.08 Å². The first kappa shape index (κ1) is 21.1. The Morgan fingerprint density at radius 2 is 2.07 bits per heavy atom. The van der Waals surface area contributed by atoms with Crippen molar-refractivity contribution in [1.82, 2.24) is 4.98 Å². The summed E-state index contributed by atoms with van der Waals surface area (Å²) < 4.78 is 4.46. The number of nitrogens with one attached hydrogen (secondary N) is 1. The second-order valence-electron chi connectivity index (χ2n) is 6.56. The Morgan fingerprint density at radius 1 is 1.28 bits per heavy atom. The lowest BCUT2D eigenvalue weighted by molar-refractivity contribution is -0.432. The molecule has 7 nitrogen and oxygen atoms in total. The van der Waals surface area contributed by atoms with E-state index in [1.807, 2.05) is 55.5 Å². The summed E-state index contributed by atoms with van der Waals surface area (Å²) in [4.78, 5) is 18.9. The molecular weight excluding hydrogens is 392 g/mol. The smallest absolute Gasteiger partial charge is 0.303 e. The van der Waals surface area contributed by atoms with Gasteiger partial charge in [0.25, 0.3) is 0 Å². The predicted octanol–water partition coefficient (Wildman–Crippen LogP) is 4.57. The maximum absolute atomic E-state index is 10.8. The maximum Gasteiger partial charge on any atom is 0.303 e. The van der Waals surface area contributed by atoms with Crippen LogP contribution < -0.4 is 0 Å². The fraction of sp³-hybridized carbons (Fsp3) is 0.238. The molecule has 0 amide bonds. The van der Waals surface area contributed by atoms with Crippen molar-refractivity contribution in [2.24, 2.45) is 4.99 Å². The van der Waals surface area contributed by atoms with Gasteiger partial charge in [0.15, 0.2) is 0 Å². The third-order valence-corrected chi connectivity index (χ3v) is 5.01. The highest BCUT2D eigenvalue weighted by Crippen LogP contribution is 2.29. The molecule has 0 aliphatic carbocycles. The Balaban J connectivity index is 1.84. The first-order valence-electron chi connectivity index (χ1n) is 9.13. The molecule has 2 heterocycles. The molecule has 0 bridgehead atoms. The molecule has 3 N–H and O–H groups in total. The molecule has 8 heteroatoms. The predicted molar refractivity (Wildman–Crippen MR) is 112 cm³/mol. The van der Waals surface area contributed by atoms with E-state index in [0.717, 1.165) is 51.5 Å². The Kier molecular flexibility index (Phi) is 7.42. The SMILES string of the molecule is Cc1cc(CCC(=O)O)[nH]c1C=C1N=C(c2ccccc2)C=C1CCSOOO. The van der Waals surface area contributed by atoms with E-state index < -0.39 is 5.97 Å². The molecule has 1 aliphatic rings. The van der Waals surface area contributed by atoms with E-state index in [2.05, 4.69) is 14.4 Å². The minimum Gasteiger partial charge on any atom is -0.481 e. The molecule has 0 radical (unpaired) electrons. The second kappa shape index (κ2) is 10.2. The number of aliphatic imine (C=N–C) groups is 1. The summed E-state index contributed by atoms with van der Waals surface area (Å²) in [6.07, 6.45) is 5.24. The number of carboxylic acids is 1. The van der Waals surface area contributed by atoms with Gasteiger partial charge in [-0.25, -0.2) is 10.2 Å².